The Kier molecular flexibility index (Phi) is 5.44. The molecule has 2 N–H and O–H groups in total. The number of carbonyl (C=O) groups is 1. The van der Waals surface area contributed by atoms with Gasteiger partial charge in [-0.1, -0.05) is 0 Å². The van der Waals surface area contributed by atoms with Crippen molar-refractivity contribution < 1.29 is 24.0 Å². The molecule has 1 amide bonds. The summed E-state index contributed by atoms with van der Waals surface area (Å²) in [5, 5.41) is 32.8. The van der Waals surface area contributed by atoms with E-state index in [0.29, 0.717) is 0 Å². The van der Waals surface area contributed by atoms with Crippen LogP contribution in [0.2, 0.25) is 0 Å². The summed E-state index contributed by atoms with van der Waals surface area (Å²) in [5.74, 6) is -2.55. The van der Waals surface area contributed by atoms with E-state index in [2.05, 4.69) is 10.5 Å². The van der Waals surface area contributed by atoms with Gasteiger partial charge in [0.1, 0.15) is 5.82 Å². The summed E-state index contributed by atoms with van der Waals surface area (Å²) in [5.41, 5.74) is 1.36. The molecule has 26 heavy (non-hydrogen) atoms. The van der Waals surface area contributed by atoms with Crippen LogP contribution in [0.5, 0.6) is 11.5 Å². The highest BCUT2D eigenvalue weighted by Gasteiger charge is 2.19. The molecule has 0 aromatic heterocycles. The highest BCUT2D eigenvalue weighted by Crippen LogP contribution is 2.36. The fourth-order valence-electron chi connectivity index (χ4n) is 1.98. The van der Waals surface area contributed by atoms with Gasteiger partial charge in [-0.05, 0) is 24.3 Å². The number of phenolic OH excluding ortho intramolecular Hbond substituents is 1. The Morgan fingerprint density at radius 2 is 2.19 bits per heavy atom. The molecule has 0 spiro atoms. The van der Waals surface area contributed by atoms with Crippen molar-refractivity contribution >= 4 is 17.8 Å². The molecule has 10 heteroatoms. The van der Waals surface area contributed by atoms with E-state index in [1.165, 1.54) is 19.2 Å². The molecule has 0 radical (unpaired) electrons. The van der Waals surface area contributed by atoms with Crippen LogP contribution in [0, 0.1) is 27.3 Å². The van der Waals surface area contributed by atoms with Crippen molar-refractivity contribution in [1.82, 2.24) is 5.43 Å². The predicted octanol–water partition coefficient (Wildman–Crippen LogP) is 2.08. The van der Waals surface area contributed by atoms with Crippen LogP contribution in [0.15, 0.2) is 35.4 Å². The monoisotopic (exact) mass is 358 g/mol. The molecule has 0 heterocycles. The van der Waals surface area contributed by atoms with Crippen LogP contribution in [-0.2, 0) is 0 Å². The van der Waals surface area contributed by atoms with E-state index < -0.39 is 28.1 Å². The lowest BCUT2D eigenvalue weighted by Gasteiger charge is -2.05. The summed E-state index contributed by atoms with van der Waals surface area (Å²) >= 11 is 0. The minimum absolute atomic E-state index is 0.0612. The highest BCUT2D eigenvalue weighted by atomic mass is 19.1. The number of nitro groups is 1. The molecule has 0 saturated heterocycles. The van der Waals surface area contributed by atoms with E-state index in [1.807, 2.05) is 0 Å². The average molecular weight is 358 g/mol. The number of methoxy groups -OCH3 is 1. The number of halogens is 1. The van der Waals surface area contributed by atoms with Gasteiger partial charge in [0, 0.05) is 11.6 Å². The first kappa shape index (κ1) is 18.3. The number of carbonyl (C=O) groups excluding carboxylic acids is 1. The minimum atomic E-state index is -0.890. The van der Waals surface area contributed by atoms with Crippen molar-refractivity contribution in [2.24, 2.45) is 5.10 Å². The lowest BCUT2D eigenvalue weighted by molar-refractivity contribution is -0.386. The van der Waals surface area contributed by atoms with E-state index in [9.17, 15) is 24.4 Å². The van der Waals surface area contributed by atoms with Crippen LogP contribution in [0.25, 0.3) is 0 Å². The number of hydrogen-bond donors (Lipinski definition) is 2. The van der Waals surface area contributed by atoms with E-state index in [0.717, 1.165) is 24.4 Å². The fraction of sp³-hybridized carbons (Fsp3) is 0.0625. The van der Waals surface area contributed by atoms with Gasteiger partial charge in [-0.25, -0.2) is 9.82 Å². The molecule has 0 unspecified atom stereocenters. The smallest absolute Gasteiger partial charge is 0.315 e. The van der Waals surface area contributed by atoms with Gasteiger partial charge in [0.2, 0.25) is 5.75 Å². The van der Waals surface area contributed by atoms with E-state index in [-0.39, 0.29) is 22.4 Å². The lowest BCUT2D eigenvalue weighted by atomic mass is 10.1. The number of hydrogen-bond acceptors (Lipinski definition) is 7. The minimum Gasteiger partial charge on any atom is -0.500 e. The van der Waals surface area contributed by atoms with Gasteiger partial charge < -0.3 is 9.84 Å². The van der Waals surface area contributed by atoms with Gasteiger partial charge >= 0.3 is 5.69 Å². The standard InChI is InChI=1S/C16H11FN4O5/c1-26-14-6-10(5-13(15(14)22)21(24)25)8-19-20-16(23)11-3-2-9(7-18)4-12(11)17/h2-6,8,22H,1H3,(H,20,23)/b19-8-. The molecule has 0 atom stereocenters. The fourth-order valence-corrected chi connectivity index (χ4v) is 1.98. The first-order valence-electron chi connectivity index (χ1n) is 6.95. The SMILES string of the molecule is COc1cc(/C=N\NC(=O)c2ccc(C#N)cc2F)cc([N+](=O)[O-])c1O. The molecule has 132 valence electrons. The number of amides is 1. The Bertz CT molecular complexity index is 952. The Labute approximate surface area is 146 Å². The predicted molar refractivity (Wildman–Crippen MR) is 87.5 cm³/mol. The summed E-state index contributed by atoms with van der Waals surface area (Å²) < 4.78 is 18.6. The largest absolute Gasteiger partial charge is 0.500 e. The van der Waals surface area contributed by atoms with Crippen molar-refractivity contribution in [3.63, 3.8) is 0 Å². The van der Waals surface area contributed by atoms with Crippen molar-refractivity contribution in [1.29, 1.82) is 5.26 Å². The summed E-state index contributed by atoms with van der Waals surface area (Å²) in [7, 11) is 1.22. The number of nitriles is 1. The molecule has 2 rings (SSSR count). The number of nitrogens with one attached hydrogen (secondary N) is 1. The zero-order valence-electron chi connectivity index (χ0n) is 13.3. The lowest BCUT2D eigenvalue weighted by Crippen LogP contribution is -2.19. The Morgan fingerprint density at radius 3 is 2.77 bits per heavy atom. The van der Waals surface area contributed by atoms with Gasteiger partial charge in [0.25, 0.3) is 5.91 Å². The molecule has 0 bridgehead atoms. The normalized spacial score (nSPS) is 10.3. The number of hydrazone groups is 1. The van der Waals surface area contributed by atoms with E-state index >= 15 is 0 Å². The Hall–Kier alpha value is -4.00. The number of nitro benzene ring substituents is 1. The third-order valence-electron chi connectivity index (χ3n) is 3.22. The number of phenols is 1. The first-order valence-corrected chi connectivity index (χ1v) is 6.95. The molecule has 0 saturated carbocycles. The number of aromatic hydroxyl groups is 1. The Balaban J connectivity index is 2.20. The zero-order valence-corrected chi connectivity index (χ0v) is 13.3. The molecule has 0 aliphatic heterocycles. The number of benzene rings is 2. The summed E-state index contributed by atoms with van der Waals surface area (Å²) in [6.45, 7) is 0. The second-order valence-corrected chi connectivity index (χ2v) is 4.85. The molecule has 2 aromatic rings. The van der Waals surface area contributed by atoms with Crippen molar-refractivity contribution in [2.75, 3.05) is 7.11 Å². The highest BCUT2D eigenvalue weighted by molar-refractivity contribution is 5.95. The number of ether oxygens (including phenoxy) is 1. The molecular weight excluding hydrogens is 347 g/mol. The molecule has 9 nitrogen and oxygen atoms in total. The maximum Gasteiger partial charge on any atom is 0.315 e. The maximum absolute atomic E-state index is 13.7. The summed E-state index contributed by atoms with van der Waals surface area (Å²) in [4.78, 5) is 22.0. The second kappa shape index (κ2) is 7.71. The van der Waals surface area contributed by atoms with Gasteiger partial charge in [-0.15, -0.1) is 0 Å². The van der Waals surface area contributed by atoms with Gasteiger partial charge in [-0.3, -0.25) is 14.9 Å². The quantitative estimate of drug-likeness (QED) is 0.477. The van der Waals surface area contributed by atoms with Crippen molar-refractivity contribution in [3.8, 4) is 17.6 Å². The third kappa shape index (κ3) is 3.90. The third-order valence-corrected chi connectivity index (χ3v) is 3.22. The van der Waals surface area contributed by atoms with Gasteiger partial charge in [0.15, 0.2) is 5.75 Å². The van der Waals surface area contributed by atoms with Crippen LogP contribution in [0.1, 0.15) is 21.5 Å². The second-order valence-electron chi connectivity index (χ2n) is 4.85. The van der Waals surface area contributed by atoms with Gasteiger partial charge in [-0.2, -0.15) is 10.4 Å². The average Bonchev–Trinajstić information content (AvgIpc) is 2.62. The topological polar surface area (TPSA) is 138 Å². The number of nitrogens with zero attached hydrogens (tertiary/aromatic N) is 3. The summed E-state index contributed by atoms with van der Waals surface area (Å²) in [6.07, 6.45) is 1.06. The van der Waals surface area contributed by atoms with Crippen molar-refractivity contribution in [2.45, 2.75) is 0 Å². The van der Waals surface area contributed by atoms with Gasteiger partial charge in [0.05, 0.1) is 35.4 Å². The van der Waals surface area contributed by atoms with Crippen LogP contribution in [0.3, 0.4) is 0 Å². The van der Waals surface area contributed by atoms with Crippen molar-refractivity contribution in [3.05, 3.63) is 63.0 Å². The zero-order chi connectivity index (χ0) is 19.3. The van der Waals surface area contributed by atoms with Crippen LogP contribution in [0.4, 0.5) is 10.1 Å². The molecule has 0 fully saturated rings. The van der Waals surface area contributed by atoms with E-state index in [4.69, 9.17) is 10.00 Å². The molecule has 2 aromatic carbocycles. The van der Waals surface area contributed by atoms with Crippen LogP contribution < -0.4 is 10.2 Å². The first-order chi connectivity index (χ1) is 12.4. The van der Waals surface area contributed by atoms with Crippen LogP contribution in [-0.4, -0.2) is 29.3 Å². The van der Waals surface area contributed by atoms with E-state index in [1.54, 1.807) is 6.07 Å². The van der Waals surface area contributed by atoms with Crippen LogP contribution >= 0.6 is 0 Å². The molecule has 0 aliphatic rings. The molecule has 0 aliphatic carbocycles. The molecular formula is C16H11FN4O5. The maximum atomic E-state index is 13.7. The summed E-state index contributed by atoms with van der Waals surface area (Å²) in [6, 6.07) is 7.34. The number of rotatable bonds is 5. The Morgan fingerprint density at radius 1 is 1.46 bits per heavy atom.